The van der Waals surface area contributed by atoms with Gasteiger partial charge in [0, 0.05) is 5.56 Å². The Balaban J connectivity index is 2.45. The van der Waals surface area contributed by atoms with Crippen molar-refractivity contribution >= 4 is 5.91 Å². The molecule has 0 bridgehead atoms. The van der Waals surface area contributed by atoms with Crippen LogP contribution in [0.4, 0.5) is 0 Å². The number of carbonyl (C=O) groups excluding carboxylic acids is 1. The molecule has 1 saturated heterocycles. The number of nitrogens with zero attached hydrogens (tertiary/aromatic N) is 1. The van der Waals surface area contributed by atoms with Gasteiger partial charge in [0.05, 0.1) is 11.6 Å². The van der Waals surface area contributed by atoms with Crippen molar-refractivity contribution in [2.24, 2.45) is 5.92 Å². The van der Waals surface area contributed by atoms with E-state index in [1.807, 2.05) is 30.3 Å². The molecular formula is C23H37NO2. The maximum atomic E-state index is 13.5. The van der Waals surface area contributed by atoms with Crippen LogP contribution in [0.3, 0.4) is 0 Å². The lowest BCUT2D eigenvalue weighted by molar-refractivity contribution is -0.0709. The van der Waals surface area contributed by atoms with Crippen LogP contribution in [-0.4, -0.2) is 28.7 Å². The van der Waals surface area contributed by atoms with E-state index < -0.39 is 0 Å². The summed E-state index contributed by atoms with van der Waals surface area (Å²) >= 11 is 0. The summed E-state index contributed by atoms with van der Waals surface area (Å²) in [4.78, 5) is 15.6. The quantitative estimate of drug-likeness (QED) is 0.538. The van der Waals surface area contributed by atoms with Crippen molar-refractivity contribution in [3.05, 3.63) is 35.9 Å². The van der Waals surface area contributed by atoms with Gasteiger partial charge in [-0.1, -0.05) is 72.1 Å². The standard InChI is InChI=1S/C23H37NO2/c1-6-12-21-24(22(25)19-13-10-9-11-14-19)20(17-18(4)5)23(26-21,15-7-2)16-8-3/h9-11,13-14,18,20-21H,6-8,12,15-17H2,1-5H3/t20-,21-/m0/s1. The van der Waals surface area contributed by atoms with Crippen LogP contribution < -0.4 is 0 Å². The summed E-state index contributed by atoms with van der Waals surface area (Å²) in [6.07, 6.45) is 7.04. The van der Waals surface area contributed by atoms with Gasteiger partial charge in [0.15, 0.2) is 0 Å². The Kier molecular flexibility index (Phi) is 7.69. The molecule has 26 heavy (non-hydrogen) atoms. The van der Waals surface area contributed by atoms with Gasteiger partial charge in [-0.3, -0.25) is 4.79 Å². The maximum Gasteiger partial charge on any atom is 0.256 e. The number of benzene rings is 1. The highest BCUT2D eigenvalue weighted by molar-refractivity contribution is 5.94. The van der Waals surface area contributed by atoms with Gasteiger partial charge in [-0.2, -0.15) is 0 Å². The molecule has 1 aromatic carbocycles. The molecule has 146 valence electrons. The Morgan fingerprint density at radius 2 is 1.69 bits per heavy atom. The van der Waals surface area contributed by atoms with E-state index in [0.29, 0.717) is 5.92 Å². The minimum Gasteiger partial charge on any atom is -0.350 e. The van der Waals surface area contributed by atoms with Gasteiger partial charge in [-0.25, -0.2) is 0 Å². The molecule has 0 spiro atoms. The molecule has 0 aromatic heterocycles. The molecule has 3 nitrogen and oxygen atoms in total. The van der Waals surface area contributed by atoms with Crippen LogP contribution in [0.5, 0.6) is 0 Å². The highest BCUT2D eigenvalue weighted by Gasteiger charge is 2.53. The smallest absolute Gasteiger partial charge is 0.256 e. The van der Waals surface area contributed by atoms with Crippen LogP contribution in [-0.2, 0) is 4.74 Å². The molecule has 1 aromatic rings. The number of ether oxygens (including phenoxy) is 1. The first-order valence-corrected chi connectivity index (χ1v) is 10.5. The lowest BCUT2D eigenvalue weighted by Crippen LogP contribution is -2.49. The third-order valence-corrected chi connectivity index (χ3v) is 5.46. The summed E-state index contributed by atoms with van der Waals surface area (Å²) in [6.45, 7) is 11.1. The molecule has 1 fully saturated rings. The summed E-state index contributed by atoms with van der Waals surface area (Å²) in [5, 5.41) is 0. The Bertz CT molecular complexity index is 549. The molecule has 1 aliphatic rings. The largest absolute Gasteiger partial charge is 0.350 e. The molecule has 0 saturated carbocycles. The lowest BCUT2D eigenvalue weighted by Gasteiger charge is -2.37. The monoisotopic (exact) mass is 359 g/mol. The third-order valence-electron chi connectivity index (χ3n) is 5.46. The Hall–Kier alpha value is -1.35. The predicted molar refractivity (Wildman–Crippen MR) is 108 cm³/mol. The van der Waals surface area contributed by atoms with Gasteiger partial charge in [0.1, 0.15) is 6.23 Å². The number of hydrogen-bond donors (Lipinski definition) is 0. The summed E-state index contributed by atoms with van der Waals surface area (Å²) in [6, 6.07) is 9.87. The normalized spacial score (nSPS) is 22.2. The van der Waals surface area contributed by atoms with Gasteiger partial charge in [-0.15, -0.1) is 0 Å². The van der Waals surface area contributed by atoms with E-state index in [1.165, 1.54) is 0 Å². The van der Waals surface area contributed by atoms with Crippen LogP contribution in [0.1, 0.15) is 89.9 Å². The van der Waals surface area contributed by atoms with Gasteiger partial charge in [0.2, 0.25) is 0 Å². The molecule has 2 rings (SSSR count). The molecule has 0 N–H and O–H groups in total. The van der Waals surface area contributed by atoms with Crippen molar-refractivity contribution in [3.63, 3.8) is 0 Å². The zero-order valence-electron chi connectivity index (χ0n) is 17.3. The van der Waals surface area contributed by atoms with Gasteiger partial charge < -0.3 is 9.64 Å². The molecule has 1 amide bonds. The van der Waals surface area contributed by atoms with Crippen LogP contribution in [0.25, 0.3) is 0 Å². The van der Waals surface area contributed by atoms with E-state index in [-0.39, 0.29) is 23.8 Å². The van der Waals surface area contributed by atoms with E-state index in [1.54, 1.807) is 0 Å². The predicted octanol–water partition coefficient (Wildman–Crippen LogP) is 6.04. The van der Waals surface area contributed by atoms with Crippen molar-refractivity contribution in [1.29, 1.82) is 0 Å². The van der Waals surface area contributed by atoms with Crippen LogP contribution >= 0.6 is 0 Å². The van der Waals surface area contributed by atoms with E-state index >= 15 is 0 Å². The Morgan fingerprint density at radius 3 is 2.19 bits per heavy atom. The zero-order chi connectivity index (χ0) is 19.2. The third kappa shape index (κ3) is 4.49. The van der Waals surface area contributed by atoms with E-state index in [2.05, 4.69) is 39.5 Å². The van der Waals surface area contributed by atoms with Crippen molar-refractivity contribution in [2.75, 3.05) is 0 Å². The van der Waals surface area contributed by atoms with Crippen LogP contribution in [0.2, 0.25) is 0 Å². The minimum absolute atomic E-state index is 0.102. The molecule has 3 heteroatoms. The SMILES string of the molecule is CCC[C@@H]1OC(CCC)(CCC)[C@H](CC(C)C)N1C(=O)c1ccccc1. The van der Waals surface area contributed by atoms with Gasteiger partial charge >= 0.3 is 0 Å². The van der Waals surface area contributed by atoms with Crippen molar-refractivity contribution in [3.8, 4) is 0 Å². The van der Waals surface area contributed by atoms with Gasteiger partial charge in [-0.05, 0) is 43.7 Å². The Labute approximate surface area is 160 Å². The highest BCUT2D eigenvalue weighted by Crippen LogP contribution is 2.44. The van der Waals surface area contributed by atoms with E-state index in [0.717, 1.165) is 50.5 Å². The van der Waals surface area contributed by atoms with E-state index in [4.69, 9.17) is 4.74 Å². The number of amides is 1. The first-order chi connectivity index (χ1) is 12.5. The molecule has 1 heterocycles. The topological polar surface area (TPSA) is 29.5 Å². The number of hydrogen-bond acceptors (Lipinski definition) is 2. The lowest BCUT2D eigenvalue weighted by atomic mass is 9.81. The molecule has 0 aliphatic carbocycles. The minimum atomic E-state index is -0.196. The summed E-state index contributed by atoms with van der Waals surface area (Å²) < 4.78 is 6.74. The zero-order valence-corrected chi connectivity index (χ0v) is 17.3. The Morgan fingerprint density at radius 1 is 1.08 bits per heavy atom. The maximum absolute atomic E-state index is 13.5. The first-order valence-electron chi connectivity index (χ1n) is 10.5. The average Bonchev–Trinajstić information content (AvgIpc) is 2.89. The van der Waals surface area contributed by atoms with Crippen LogP contribution in [0, 0.1) is 5.92 Å². The highest BCUT2D eigenvalue weighted by atomic mass is 16.5. The summed E-state index contributed by atoms with van der Waals surface area (Å²) in [5.41, 5.74) is 0.577. The second-order valence-electron chi connectivity index (χ2n) is 8.15. The molecular weight excluding hydrogens is 322 g/mol. The fourth-order valence-corrected chi connectivity index (χ4v) is 4.50. The second kappa shape index (κ2) is 9.55. The number of rotatable bonds is 9. The average molecular weight is 360 g/mol. The van der Waals surface area contributed by atoms with Gasteiger partial charge in [0.25, 0.3) is 5.91 Å². The fraction of sp³-hybridized carbons (Fsp3) is 0.696. The second-order valence-corrected chi connectivity index (χ2v) is 8.15. The van der Waals surface area contributed by atoms with Crippen molar-refractivity contribution < 1.29 is 9.53 Å². The fourth-order valence-electron chi connectivity index (χ4n) is 4.50. The van der Waals surface area contributed by atoms with E-state index in [9.17, 15) is 4.79 Å². The van der Waals surface area contributed by atoms with Crippen molar-refractivity contribution in [1.82, 2.24) is 4.90 Å². The number of carbonyl (C=O) groups is 1. The molecule has 2 atom stereocenters. The summed E-state index contributed by atoms with van der Waals surface area (Å²) in [5.74, 6) is 0.659. The van der Waals surface area contributed by atoms with Crippen molar-refractivity contribution in [2.45, 2.75) is 97.4 Å². The molecule has 1 aliphatic heterocycles. The molecule has 0 unspecified atom stereocenters. The summed E-state index contributed by atoms with van der Waals surface area (Å²) in [7, 11) is 0. The first kappa shape index (κ1) is 21.0. The van der Waals surface area contributed by atoms with Crippen LogP contribution in [0.15, 0.2) is 30.3 Å². The molecule has 0 radical (unpaired) electrons.